The predicted molar refractivity (Wildman–Crippen MR) is 70.1 cm³/mol. The van der Waals surface area contributed by atoms with Crippen molar-refractivity contribution in [3.8, 4) is 0 Å². The SMILES string of the molecule is COC(=O)C(NCC1CSCCS1)C1CC1. The van der Waals surface area contributed by atoms with E-state index in [1.807, 2.05) is 23.5 Å². The molecule has 2 aliphatic rings. The lowest BCUT2D eigenvalue weighted by atomic mass is 10.2. The summed E-state index contributed by atoms with van der Waals surface area (Å²) in [6.45, 7) is 0.938. The highest BCUT2D eigenvalue weighted by molar-refractivity contribution is 8.06. The van der Waals surface area contributed by atoms with Gasteiger partial charge >= 0.3 is 5.97 Å². The average molecular weight is 261 g/mol. The predicted octanol–water partition coefficient (Wildman–Crippen LogP) is 1.38. The van der Waals surface area contributed by atoms with Crippen LogP contribution in [0.2, 0.25) is 0 Å². The number of ether oxygens (including phenoxy) is 1. The minimum absolute atomic E-state index is 0.0578. The second-order valence-corrected chi connectivity index (χ2v) is 6.87. The smallest absolute Gasteiger partial charge is 0.323 e. The zero-order chi connectivity index (χ0) is 11.4. The van der Waals surface area contributed by atoms with Crippen LogP contribution in [0.5, 0.6) is 0 Å². The van der Waals surface area contributed by atoms with Crippen LogP contribution in [0.3, 0.4) is 0 Å². The molecule has 2 fully saturated rings. The van der Waals surface area contributed by atoms with Crippen molar-refractivity contribution >= 4 is 29.5 Å². The lowest BCUT2D eigenvalue weighted by molar-refractivity contribution is -0.143. The highest BCUT2D eigenvalue weighted by atomic mass is 32.2. The summed E-state index contributed by atoms with van der Waals surface area (Å²) in [4.78, 5) is 11.6. The summed E-state index contributed by atoms with van der Waals surface area (Å²) in [5.74, 6) is 4.15. The molecule has 0 aromatic carbocycles. The van der Waals surface area contributed by atoms with Gasteiger partial charge in [-0.05, 0) is 18.8 Å². The Hall–Kier alpha value is 0.130. The second kappa shape index (κ2) is 6.17. The molecule has 2 unspecified atom stereocenters. The van der Waals surface area contributed by atoms with Crippen molar-refractivity contribution in [1.29, 1.82) is 0 Å². The molecule has 5 heteroatoms. The van der Waals surface area contributed by atoms with Crippen molar-refractivity contribution in [2.24, 2.45) is 5.92 Å². The van der Waals surface area contributed by atoms with E-state index in [0.29, 0.717) is 11.2 Å². The van der Waals surface area contributed by atoms with Gasteiger partial charge in [-0.25, -0.2) is 0 Å². The van der Waals surface area contributed by atoms with Gasteiger partial charge in [-0.3, -0.25) is 4.79 Å². The summed E-state index contributed by atoms with van der Waals surface area (Å²) in [7, 11) is 1.48. The number of rotatable bonds is 5. The largest absolute Gasteiger partial charge is 0.468 e. The van der Waals surface area contributed by atoms with E-state index in [4.69, 9.17) is 4.74 Å². The molecular weight excluding hydrogens is 242 g/mol. The van der Waals surface area contributed by atoms with Gasteiger partial charge in [0.1, 0.15) is 6.04 Å². The first-order valence-corrected chi connectivity index (χ1v) is 8.02. The third-order valence-corrected chi connectivity index (χ3v) is 5.84. The quantitative estimate of drug-likeness (QED) is 0.757. The minimum atomic E-state index is -0.0871. The molecule has 2 atom stereocenters. The minimum Gasteiger partial charge on any atom is -0.468 e. The molecule has 1 saturated carbocycles. The summed E-state index contributed by atoms with van der Waals surface area (Å²) in [6, 6.07) is -0.0578. The van der Waals surface area contributed by atoms with Crippen molar-refractivity contribution in [2.75, 3.05) is 30.9 Å². The molecule has 2 rings (SSSR count). The van der Waals surface area contributed by atoms with E-state index in [1.54, 1.807) is 0 Å². The fourth-order valence-corrected chi connectivity index (χ4v) is 4.54. The van der Waals surface area contributed by atoms with Crippen molar-refractivity contribution in [3.63, 3.8) is 0 Å². The zero-order valence-corrected chi connectivity index (χ0v) is 11.2. The van der Waals surface area contributed by atoms with Crippen LogP contribution in [0.1, 0.15) is 12.8 Å². The molecule has 0 aromatic heterocycles. The van der Waals surface area contributed by atoms with Gasteiger partial charge in [-0.2, -0.15) is 23.5 Å². The van der Waals surface area contributed by atoms with Crippen molar-refractivity contribution in [1.82, 2.24) is 5.32 Å². The number of hydrogen-bond acceptors (Lipinski definition) is 5. The first kappa shape index (κ1) is 12.6. The molecule has 16 heavy (non-hydrogen) atoms. The van der Waals surface area contributed by atoms with Crippen LogP contribution in [0.15, 0.2) is 0 Å². The molecule has 0 spiro atoms. The number of carbonyl (C=O) groups is 1. The highest BCUT2D eigenvalue weighted by Gasteiger charge is 2.37. The fourth-order valence-electron chi connectivity index (χ4n) is 1.91. The maximum Gasteiger partial charge on any atom is 0.323 e. The van der Waals surface area contributed by atoms with Crippen LogP contribution in [-0.4, -0.2) is 48.2 Å². The number of thioether (sulfide) groups is 2. The number of esters is 1. The number of methoxy groups -OCH3 is 1. The number of hydrogen-bond donors (Lipinski definition) is 1. The summed E-state index contributed by atoms with van der Waals surface area (Å²) >= 11 is 4.04. The zero-order valence-electron chi connectivity index (χ0n) is 9.61. The van der Waals surface area contributed by atoms with Crippen LogP contribution in [-0.2, 0) is 9.53 Å². The van der Waals surface area contributed by atoms with Crippen molar-refractivity contribution in [2.45, 2.75) is 24.1 Å². The Morgan fingerprint density at radius 3 is 2.88 bits per heavy atom. The van der Waals surface area contributed by atoms with Gasteiger partial charge in [0.15, 0.2) is 0 Å². The molecule has 0 bridgehead atoms. The molecular formula is C11H19NO2S2. The Labute approximate surface area is 105 Å². The molecule has 1 saturated heterocycles. The van der Waals surface area contributed by atoms with Crippen molar-refractivity contribution in [3.05, 3.63) is 0 Å². The summed E-state index contributed by atoms with van der Waals surface area (Å²) < 4.78 is 4.84. The van der Waals surface area contributed by atoms with Crippen LogP contribution in [0, 0.1) is 5.92 Å². The van der Waals surface area contributed by atoms with E-state index < -0.39 is 0 Å². The Morgan fingerprint density at radius 1 is 1.50 bits per heavy atom. The topological polar surface area (TPSA) is 38.3 Å². The van der Waals surface area contributed by atoms with Crippen molar-refractivity contribution < 1.29 is 9.53 Å². The molecule has 92 valence electrons. The summed E-state index contributed by atoms with van der Waals surface area (Å²) in [5.41, 5.74) is 0. The Bertz CT molecular complexity index is 240. The molecule has 1 aliphatic carbocycles. The monoisotopic (exact) mass is 261 g/mol. The molecule has 0 amide bonds. The molecule has 0 aromatic rings. The van der Waals surface area contributed by atoms with Gasteiger partial charge in [0.05, 0.1) is 7.11 Å². The molecule has 0 radical (unpaired) electrons. The van der Waals surface area contributed by atoms with E-state index in [0.717, 1.165) is 6.54 Å². The summed E-state index contributed by atoms with van der Waals surface area (Å²) in [6.07, 6.45) is 2.33. The maximum absolute atomic E-state index is 11.6. The van der Waals surface area contributed by atoms with E-state index in [-0.39, 0.29) is 12.0 Å². The second-order valence-electron chi connectivity index (χ2n) is 4.31. The highest BCUT2D eigenvalue weighted by Crippen LogP contribution is 2.33. The van der Waals surface area contributed by atoms with Gasteiger partial charge in [0, 0.05) is 29.1 Å². The first-order valence-electron chi connectivity index (χ1n) is 5.82. The molecule has 3 nitrogen and oxygen atoms in total. The maximum atomic E-state index is 11.6. The van der Waals surface area contributed by atoms with Gasteiger partial charge in [0.25, 0.3) is 0 Å². The Morgan fingerprint density at radius 2 is 2.31 bits per heavy atom. The van der Waals surface area contributed by atoms with Crippen LogP contribution in [0.4, 0.5) is 0 Å². The van der Waals surface area contributed by atoms with Gasteiger partial charge in [-0.1, -0.05) is 0 Å². The van der Waals surface area contributed by atoms with Crippen LogP contribution in [0.25, 0.3) is 0 Å². The number of carbonyl (C=O) groups excluding carboxylic acids is 1. The molecule has 1 aliphatic heterocycles. The third kappa shape index (κ3) is 3.57. The lowest BCUT2D eigenvalue weighted by Gasteiger charge is -2.24. The summed E-state index contributed by atoms with van der Waals surface area (Å²) in [5, 5.41) is 4.05. The fraction of sp³-hybridized carbons (Fsp3) is 0.909. The lowest BCUT2D eigenvalue weighted by Crippen LogP contribution is -2.43. The molecule has 1 N–H and O–H groups in total. The van der Waals surface area contributed by atoms with Crippen LogP contribution >= 0.6 is 23.5 Å². The van der Waals surface area contributed by atoms with Gasteiger partial charge < -0.3 is 10.1 Å². The molecule has 1 heterocycles. The Balaban J connectivity index is 1.74. The Kier molecular flexibility index (Phi) is 4.85. The average Bonchev–Trinajstić information content (AvgIpc) is 3.15. The number of nitrogens with one attached hydrogen (secondary N) is 1. The van der Waals surface area contributed by atoms with Crippen LogP contribution < -0.4 is 5.32 Å². The van der Waals surface area contributed by atoms with Gasteiger partial charge in [0.2, 0.25) is 0 Å². The third-order valence-electron chi connectivity index (χ3n) is 3.00. The first-order chi connectivity index (χ1) is 7.81. The van der Waals surface area contributed by atoms with E-state index in [2.05, 4.69) is 5.32 Å². The van der Waals surface area contributed by atoms with E-state index in [9.17, 15) is 4.79 Å². The van der Waals surface area contributed by atoms with Gasteiger partial charge in [-0.15, -0.1) is 0 Å². The normalized spacial score (nSPS) is 27.4. The standard InChI is InChI=1S/C11H19NO2S2/c1-14-11(13)10(8-2-3-8)12-6-9-7-15-4-5-16-9/h8-10,12H,2-7H2,1H3. The van der Waals surface area contributed by atoms with E-state index in [1.165, 1.54) is 37.2 Å². The van der Waals surface area contributed by atoms with E-state index >= 15 is 0 Å².